The molecular weight excluding hydrogens is 272 g/mol. The van der Waals surface area contributed by atoms with Gasteiger partial charge in [0.25, 0.3) is 0 Å². The second kappa shape index (κ2) is 7.78. The van der Waals surface area contributed by atoms with Crippen LogP contribution in [0.25, 0.3) is 0 Å². The molecule has 0 fully saturated rings. The average Bonchev–Trinajstić information content (AvgIpc) is 2.46. The van der Waals surface area contributed by atoms with E-state index in [1.54, 1.807) is 0 Å². The fraction of sp³-hybridized carbons (Fsp3) is 0.444. The summed E-state index contributed by atoms with van der Waals surface area (Å²) in [5.41, 5.74) is 4.46. The smallest absolute Gasteiger partial charge is 0.229 e. The molecule has 2 N–H and O–H groups in total. The van der Waals surface area contributed by atoms with Crippen LogP contribution >= 0.6 is 0 Å². The molecule has 2 aromatic rings. The fourth-order valence-electron chi connectivity index (χ4n) is 2.38. The molecule has 1 aromatic heterocycles. The summed E-state index contributed by atoms with van der Waals surface area (Å²) in [6.45, 7) is 9.34. The third-order valence-electron chi connectivity index (χ3n) is 3.57. The molecule has 0 aliphatic rings. The Morgan fingerprint density at radius 2 is 1.82 bits per heavy atom. The van der Waals surface area contributed by atoms with E-state index >= 15 is 0 Å². The van der Waals surface area contributed by atoms with Crippen molar-refractivity contribution in [2.45, 2.75) is 47.0 Å². The highest BCUT2D eigenvalue weighted by Crippen LogP contribution is 2.20. The van der Waals surface area contributed by atoms with E-state index in [2.05, 4.69) is 59.6 Å². The lowest BCUT2D eigenvalue weighted by Crippen LogP contribution is -2.07. The Morgan fingerprint density at radius 1 is 1.00 bits per heavy atom. The van der Waals surface area contributed by atoms with Gasteiger partial charge in [-0.3, -0.25) is 0 Å². The number of aromatic nitrogens is 2. The molecule has 2 rings (SSSR count). The van der Waals surface area contributed by atoms with Crippen molar-refractivity contribution in [3.63, 3.8) is 0 Å². The number of nitrogens with zero attached hydrogens (tertiary/aromatic N) is 2. The summed E-state index contributed by atoms with van der Waals surface area (Å²) < 4.78 is 0. The Labute approximate surface area is 133 Å². The number of nitrogens with one attached hydrogen (secondary N) is 2. The molecule has 0 spiro atoms. The first-order valence-electron chi connectivity index (χ1n) is 8.02. The van der Waals surface area contributed by atoms with E-state index in [1.807, 2.05) is 13.0 Å². The molecule has 22 heavy (non-hydrogen) atoms. The van der Waals surface area contributed by atoms with E-state index < -0.39 is 0 Å². The maximum atomic E-state index is 4.56. The van der Waals surface area contributed by atoms with Crippen LogP contribution in [0.4, 0.5) is 17.5 Å². The summed E-state index contributed by atoms with van der Waals surface area (Å²) in [5.74, 6) is 1.53. The van der Waals surface area contributed by atoms with E-state index in [9.17, 15) is 0 Å². The van der Waals surface area contributed by atoms with Gasteiger partial charge in [0.2, 0.25) is 5.95 Å². The third-order valence-corrected chi connectivity index (χ3v) is 3.57. The minimum atomic E-state index is 0.643. The Morgan fingerprint density at radius 3 is 2.55 bits per heavy atom. The lowest BCUT2D eigenvalue weighted by atomic mass is 10.1. The van der Waals surface area contributed by atoms with Gasteiger partial charge in [-0.25, -0.2) is 4.98 Å². The van der Waals surface area contributed by atoms with Gasteiger partial charge in [-0.2, -0.15) is 4.98 Å². The van der Waals surface area contributed by atoms with Crippen molar-refractivity contribution in [1.29, 1.82) is 0 Å². The molecule has 0 bridgehead atoms. The number of unbranched alkanes of at least 4 members (excludes halogenated alkanes) is 2. The van der Waals surface area contributed by atoms with E-state index in [0.29, 0.717) is 5.95 Å². The van der Waals surface area contributed by atoms with E-state index in [0.717, 1.165) is 23.7 Å². The van der Waals surface area contributed by atoms with Gasteiger partial charge in [0.05, 0.1) is 0 Å². The summed E-state index contributed by atoms with van der Waals surface area (Å²) in [6.07, 6.45) is 3.63. The van der Waals surface area contributed by atoms with Crippen LogP contribution in [0, 0.1) is 20.8 Å². The molecule has 0 unspecified atom stereocenters. The molecule has 0 saturated heterocycles. The van der Waals surface area contributed by atoms with Gasteiger partial charge in [-0.1, -0.05) is 37.5 Å². The zero-order valence-corrected chi connectivity index (χ0v) is 14.0. The quantitative estimate of drug-likeness (QED) is 0.724. The van der Waals surface area contributed by atoms with E-state index in [1.165, 1.54) is 30.4 Å². The maximum Gasteiger partial charge on any atom is 0.229 e. The van der Waals surface area contributed by atoms with Crippen LogP contribution < -0.4 is 10.6 Å². The van der Waals surface area contributed by atoms with Crippen molar-refractivity contribution in [1.82, 2.24) is 9.97 Å². The molecule has 0 aliphatic carbocycles. The third kappa shape index (κ3) is 4.72. The Kier molecular flexibility index (Phi) is 5.75. The van der Waals surface area contributed by atoms with Crippen molar-refractivity contribution in [2.75, 3.05) is 17.2 Å². The van der Waals surface area contributed by atoms with Crippen molar-refractivity contribution >= 4 is 17.5 Å². The summed E-state index contributed by atoms with van der Waals surface area (Å²) in [4.78, 5) is 9.03. The first-order chi connectivity index (χ1) is 10.6. The SMILES string of the molecule is CCCCCNc1cc(C)nc(Nc2ccc(C)cc2C)n1. The van der Waals surface area contributed by atoms with Gasteiger partial charge in [0, 0.05) is 24.0 Å². The van der Waals surface area contributed by atoms with Crippen molar-refractivity contribution < 1.29 is 0 Å². The molecule has 118 valence electrons. The first kappa shape index (κ1) is 16.3. The summed E-state index contributed by atoms with van der Waals surface area (Å²) in [6, 6.07) is 8.31. The number of aryl methyl sites for hydroxylation is 3. The number of rotatable bonds is 7. The fourth-order valence-corrected chi connectivity index (χ4v) is 2.38. The number of anilines is 3. The van der Waals surface area contributed by atoms with E-state index in [4.69, 9.17) is 0 Å². The number of benzene rings is 1. The molecule has 0 saturated carbocycles. The highest BCUT2D eigenvalue weighted by molar-refractivity contribution is 5.60. The Balaban J connectivity index is 2.08. The molecule has 4 heteroatoms. The molecule has 4 nitrogen and oxygen atoms in total. The van der Waals surface area contributed by atoms with Crippen LogP contribution in [0.2, 0.25) is 0 Å². The maximum absolute atomic E-state index is 4.56. The van der Waals surface area contributed by atoms with Crippen LogP contribution in [0.3, 0.4) is 0 Å². The topological polar surface area (TPSA) is 49.8 Å². The van der Waals surface area contributed by atoms with E-state index in [-0.39, 0.29) is 0 Å². The number of hydrogen-bond acceptors (Lipinski definition) is 4. The van der Waals surface area contributed by atoms with Crippen LogP contribution in [-0.4, -0.2) is 16.5 Å². The van der Waals surface area contributed by atoms with Crippen LogP contribution in [-0.2, 0) is 0 Å². The summed E-state index contributed by atoms with van der Waals surface area (Å²) in [5, 5.41) is 6.70. The molecule has 0 atom stereocenters. The van der Waals surface area contributed by atoms with Gasteiger partial charge in [-0.05, 0) is 38.8 Å². The second-order valence-electron chi connectivity index (χ2n) is 5.80. The minimum Gasteiger partial charge on any atom is -0.370 e. The zero-order chi connectivity index (χ0) is 15.9. The lowest BCUT2D eigenvalue weighted by molar-refractivity contribution is 0.742. The summed E-state index contributed by atoms with van der Waals surface area (Å²) >= 11 is 0. The molecule has 0 aliphatic heterocycles. The minimum absolute atomic E-state index is 0.643. The molecule has 1 aromatic carbocycles. The normalized spacial score (nSPS) is 10.5. The van der Waals surface area contributed by atoms with Gasteiger partial charge in [0.1, 0.15) is 5.82 Å². The second-order valence-corrected chi connectivity index (χ2v) is 5.80. The molecule has 0 radical (unpaired) electrons. The summed E-state index contributed by atoms with van der Waals surface area (Å²) in [7, 11) is 0. The Hall–Kier alpha value is -2.10. The average molecular weight is 298 g/mol. The molecule has 0 amide bonds. The van der Waals surface area contributed by atoms with Crippen molar-refractivity contribution in [3.8, 4) is 0 Å². The van der Waals surface area contributed by atoms with Crippen molar-refractivity contribution in [2.24, 2.45) is 0 Å². The van der Waals surface area contributed by atoms with Crippen LogP contribution in [0.1, 0.15) is 43.0 Å². The largest absolute Gasteiger partial charge is 0.370 e. The van der Waals surface area contributed by atoms with Gasteiger partial charge in [-0.15, -0.1) is 0 Å². The molecule has 1 heterocycles. The monoisotopic (exact) mass is 298 g/mol. The molecular formula is C18H26N4. The van der Waals surface area contributed by atoms with Crippen LogP contribution in [0.5, 0.6) is 0 Å². The highest BCUT2D eigenvalue weighted by Gasteiger charge is 2.05. The first-order valence-corrected chi connectivity index (χ1v) is 8.02. The van der Waals surface area contributed by atoms with Gasteiger partial charge >= 0.3 is 0 Å². The van der Waals surface area contributed by atoms with Crippen LogP contribution in [0.15, 0.2) is 24.3 Å². The lowest BCUT2D eigenvalue weighted by Gasteiger charge is -2.12. The highest BCUT2D eigenvalue weighted by atomic mass is 15.1. The van der Waals surface area contributed by atoms with Crippen molar-refractivity contribution in [3.05, 3.63) is 41.1 Å². The standard InChI is InChI=1S/C18H26N4/c1-5-6-7-10-19-17-12-15(4)20-18(22-17)21-16-9-8-13(2)11-14(16)3/h8-9,11-12H,5-7,10H2,1-4H3,(H2,19,20,21,22). The Bertz CT molecular complexity index is 622. The van der Waals surface area contributed by atoms with Gasteiger partial charge < -0.3 is 10.6 Å². The predicted molar refractivity (Wildman–Crippen MR) is 94.0 cm³/mol. The predicted octanol–water partition coefficient (Wildman–Crippen LogP) is 4.75. The number of hydrogen-bond donors (Lipinski definition) is 2. The zero-order valence-electron chi connectivity index (χ0n) is 14.0. The van der Waals surface area contributed by atoms with Gasteiger partial charge in [0.15, 0.2) is 0 Å².